The van der Waals surface area contributed by atoms with Crippen molar-refractivity contribution in [3.8, 4) is 69.0 Å². The van der Waals surface area contributed by atoms with Gasteiger partial charge in [-0.2, -0.15) is 0 Å². The highest BCUT2D eigenvalue weighted by atomic mass is 16.5. The van der Waals surface area contributed by atoms with Crippen LogP contribution in [0, 0.1) is 38.5 Å². The maximum absolute atomic E-state index is 10.9. The smallest absolute Gasteiger partial charge is 0.160 e. The Labute approximate surface area is 569 Å². The van der Waals surface area contributed by atoms with E-state index in [1.54, 1.807) is 74.8 Å². The van der Waals surface area contributed by atoms with Crippen LogP contribution in [0.3, 0.4) is 0 Å². The van der Waals surface area contributed by atoms with Gasteiger partial charge in [-0.25, -0.2) is 0 Å². The molecule has 0 bridgehead atoms. The van der Waals surface area contributed by atoms with E-state index in [1.165, 1.54) is 39.6 Å². The van der Waals surface area contributed by atoms with Crippen molar-refractivity contribution in [2.24, 2.45) is 20.8 Å². The Balaban J connectivity index is 0.000000176. The Kier molecular flexibility index (Phi) is 18.0. The zero-order chi connectivity index (χ0) is 69.2. The molecule has 4 heterocycles. The molecule has 2 aliphatic carbocycles. The molecule has 8 N–H and O–H groups in total. The summed E-state index contributed by atoms with van der Waals surface area (Å²) in [7, 11) is 9.69. The molecule has 18 heteroatoms. The second-order valence-corrected chi connectivity index (χ2v) is 26.5. The van der Waals surface area contributed by atoms with E-state index in [4.69, 9.17) is 47.9 Å². The van der Waals surface area contributed by atoms with Crippen LogP contribution >= 0.6 is 0 Å². The summed E-state index contributed by atoms with van der Waals surface area (Å²) in [6, 6.07) is 43.6. The van der Waals surface area contributed by atoms with Crippen LogP contribution in [0.15, 0.2) is 178 Å². The van der Waals surface area contributed by atoms with Gasteiger partial charge in [0, 0.05) is 24.9 Å². The van der Waals surface area contributed by atoms with Gasteiger partial charge in [-0.15, -0.1) is 0 Å². The number of ether oxygens (including phenoxy) is 8. The maximum atomic E-state index is 10.9. The summed E-state index contributed by atoms with van der Waals surface area (Å²) in [5.41, 5.74) is 15.0. The van der Waals surface area contributed by atoms with Gasteiger partial charge < -0.3 is 78.7 Å². The molecule has 8 aromatic carbocycles. The Hall–Kier alpha value is -9.98. The number of aliphatic imine (C=N–C) groups is 2. The molecule has 8 aromatic rings. The number of hydrogen-bond acceptors (Lipinski definition) is 18. The van der Waals surface area contributed by atoms with Gasteiger partial charge in [0.1, 0.15) is 59.6 Å². The lowest BCUT2D eigenvalue weighted by Crippen LogP contribution is -2.36. The van der Waals surface area contributed by atoms with Gasteiger partial charge in [0.05, 0.1) is 52.1 Å². The number of phenolic OH excluding ortho intramolecular Hbond substituents is 8. The van der Waals surface area contributed by atoms with Gasteiger partial charge in [-0.1, -0.05) is 48.5 Å². The Morgan fingerprint density at radius 1 is 0.316 bits per heavy atom. The Bertz CT molecular complexity index is 4290. The van der Waals surface area contributed by atoms with Crippen LogP contribution in [-0.4, -0.2) is 94.8 Å². The highest BCUT2D eigenvalue weighted by Crippen LogP contribution is 2.67. The standard InChI is InChI=1S/2C40H41NO8/c2*1-21-16-23(6-10-29(21)42)35-27-14-15-40(20-28(27)36(48-35)25-8-12-31(44)34(19-25)47-5)38(41-3)37(24-7-11-30(43)22(2)17-24)49-39(40)26-9-13-33(46-4)32(45)18-26/h2*6-13,16-19,35-37,39,42-45H,14-15,20H2,1-5H3/t35-,36+,37+,39-,40+;35-,36+,37+,39-,40-/m00/s1. The highest BCUT2D eigenvalue weighted by Gasteiger charge is 2.60. The molecule has 2 saturated heterocycles. The predicted octanol–water partition coefficient (Wildman–Crippen LogP) is 16.0. The van der Waals surface area contributed by atoms with Crippen molar-refractivity contribution >= 4 is 11.4 Å². The SMILES string of the molecule is CN=C1[C@@H](c2ccc(O)c(C)c2)O[C@@H](c2ccc(OC)c(O)c2)[C@@]12CCC1=C(C2)[C@@H](c2ccc(O)c(OC)c2)O[C@H]1c1ccc(O)c(C)c1.CN=C1[C@@H](c2ccc(O)c(C)c2)O[C@@H](c2ccc(OC)c(O)c2)[C@]12CCC1=C(C2)[C@@H](c2ccc(O)c(OC)c2)O[C@H]1c1ccc(O)c(C)c1. The van der Waals surface area contributed by atoms with E-state index in [1.807, 2.05) is 113 Å². The van der Waals surface area contributed by atoms with Crippen molar-refractivity contribution < 1.29 is 78.7 Å². The molecule has 14 rings (SSSR count). The minimum Gasteiger partial charge on any atom is -0.508 e. The molecule has 2 spiro atoms. The van der Waals surface area contributed by atoms with Gasteiger partial charge in [0.25, 0.3) is 0 Å². The van der Waals surface area contributed by atoms with Crippen LogP contribution in [0.2, 0.25) is 0 Å². The monoisotopic (exact) mass is 1330 g/mol. The zero-order valence-electron chi connectivity index (χ0n) is 56.5. The van der Waals surface area contributed by atoms with Crippen LogP contribution in [0.5, 0.6) is 69.0 Å². The first kappa shape index (κ1) is 66.6. The lowest BCUT2D eigenvalue weighted by Gasteiger charge is -2.39. The van der Waals surface area contributed by atoms with Crippen molar-refractivity contribution in [1.82, 2.24) is 0 Å². The van der Waals surface area contributed by atoms with Crippen LogP contribution < -0.4 is 18.9 Å². The first-order valence-electron chi connectivity index (χ1n) is 32.8. The van der Waals surface area contributed by atoms with E-state index in [2.05, 4.69) is 0 Å². The first-order chi connectivity index (χ1) is 47.2. The largest absolute Gasteiger partial charge is 0.508 e. The fraction of sp³-hybridized carbons (Fsp3) is 0.325. The number of methoxy groups -OCH3 is 4. The van der Waals surface area contributed by atoms with Gasteiger partial charge >= 0.3 is 0 Å². The topological polar surface area (TPSA) is 260 Å². The molecule has 0 radical (unpaired) electrons. The van der Waals surface area contributed by atoms with Gasteiger partial charge in [0.15, 0.2) is 46.0 Å². The van der Waals surface area contributed by atoms with Crippen LogP contribution in [0.1, 0.15) is 154 Å². The Morgan fingerprint density at radius 2 is 0.602 bits per heavy atom. The number of phenols is 8. The number of benzene rings is 8. The van der Waals surface area contributed by atoms with Crippen molar-refractivity contribution in [1.29, 1.82) is 0 Å². The lowest BCUT2D eigenvalue weighted by molar-refractivity contribution is 0.00312. The molecule has 10 atom stereocenters. The fourth-order valence-corrected chi connectivity index (χ4v) is 16.1. The van der Waals surface area contributed by atoms with Crippen molar-refractivity contribution in [2.45, 2.75) is 115 Å². The Morgan fingerprint density at radius 3 is 0.898 bits per heavy atom. The number of rotatable bonds is 12. The van der Waals surface area contributed by atoms with E-state index >= 15 is 0 Å². The second-order valence-electron chi connectivity index (χ2n) is 26.5. The lowest BCUT2D eigenvalue weighted by atomic mass is 9.63. The minimum atomic E-state index is -0.618. The summed E-state index contributed by atoms with van der Waals surface area (Å²) in [6.45, 7) is 7.48. The molecule has 0 unspecified atom stereocenters. The third-order valence-electron chi connectivity index (χ3n) is 21.0. The molecule has 0 saturated carbocycles. The molecule has 0 aromatic heterocycles. The van der Waals surface area contributed by atoms with Crippen LogP contribution in [-0.2, 0) is 18.9 Å². The fourth-order valence-electron chi connectivity index (χ4n) is 16.1. The van der Waals surface area contributed by atoms with Crippen molar-refractivity contribution in [2.75, 3.05) is 42.5 Å². The van der Waals surface area contributed by atoms with Crippen LogP contribution in [0.25, 0.3) is 0 Å². The average Bonchev–Trinajstić information content (AvgIpc) is 1.55. The predicted molar refractivity (Wildman–Crippen MR) is 370 cm³/mol. The van der Waals surface area contributed by atoms with E-state index < -0.39 is 47.5 Å². The quantitative estimate of drug-likeness (QED) is 0.0529. The number of aromatic hydroxyl groups is 8. The van der Waals surface area contributed by atoms with E-state index in [-0.39, 0.29) is 58.2 Å². The van der Waals surface area contributed by atoms with Gasteiger partial charge in [-0.3, -0.25) is 9.98 Å². The molecular formula is C80H82N2O16. The van der Waals surface area contributed by atoms with Gasteiger partial charge in [-0.05, 0) is 252 Å². The zero-order valence-corrected chi connectivity index (χ0v) is 56.5. The second kappa shape index (κ2) is 26.5. The molecule has 4 aliphatic heterocycles. The average molecular weight is 1330 g/mol. The summed E-state index contributed by atoms with van der Waals surface area (Å²) in [4.78, 5) is 9.91. The maximum Gasteiger partial charge on any atom is 0.160 e. The van der Waals surface area contributed by atoms with Crippen molar-refractivity contribution in [3.05, 3.63) is 235 Å². The van der Waals surface area contributed by atoms with E-state index in [9.17, 15) is 40.9 Å². The summed E-state index contributed by atoms with van der Waals surface area (Å²) in [5, 5.41) is 84.0. The highest BCUT2D eigenvalue weighted by molar-refractivity contribution is 5.99. The summed E-state index contributed by atoms with van der Waals surface area (Å²) >= 11 is 0. The third kappa shape index (κ3) is 11.6. The molecule has 0 amide bonds. The molecule has 508 valence electrons. The number of nitrogens with zero attached hydrogens (tertiary/aromatic N) is 2. The van der Waals surface area contributed by atoms with Gasteiger partial charge in [0.2, 0.25) is 0 Å². The summed E-state index contributed by atoms with van der Waals surface area (Å²) in [5.74, 6) is 2.46. The molecule has 2 fully saturated rings. The molecular weight excluding hydrogens is 1240 g/mol. The molecule has 6 aliphatic rings. The van der Waals surface area contributed by atoms with Crippen molar-refractivity contribution in [3.63, 3.8) is 0 Å². The normalized spacial score (nSPS) is 25.6. The number of hydrogen-bond donors (Lipinski definition) is 8. The summed E-state index contributed by atoms with van der Waals surface area (Å²) in [6.07, 6.45) is 0.319. The van der Waals surface area contributed by atoms with E-state index in [0.717, 1.165) is 89.3 Å². The molecule has 18 nitrogen and oxygen atoms in total. The minimum absolute atomic E-state index is 0.0226. The first-order valence-corrected chi connectivity index (χ1v) is 32.8. The van der Waals surface area contributed by atoms with E-state index in [0.29, 0.717) is 61.5 Å². The van der Waals surface area contributed by atoms with Crippen LogP contribution in [0.4, 0.5) is 0 Å². The molecule has 98 heavy (non-hydrogen) atoms. The summed E-state index contributed by atoms with van der Waals surface area (Å²) < 4.78 is 49.7. The third-order valence-corrected chi connectivity index (χ3v) is 21.0. The number of aryl methyl sites for hydroxylation is 4.